The molecule has 1 unspecified atom stereocenters. The number of hydrogen-bond acceptors (Lipinski definition) is 2. The van der Waals surface area contributed by atoms with Crippen LogP contribution in [0.4, 0.5) is 0 Å². The van der Waals surface area contributed by atoms with Crippen molar-refractivity contribution in [3.63, 3.8) is 0 Å². The van der Waals surface area contributed by atoms with E-state index < -0.39 is 17.2 Å². The van der Waals surface area contributed by atoms with Crippen molar-refractivity contribution in [2.75, 3.05) is 0 Å². The summed E-state index contributed by atoms with van der Waals surface area (Å²) in [5.41, 5.74) is 11.7. The Morgan fingerprint density at radius 2 is 1.58 bits per heavy atom. The van der Waals surface area contributed by atoms with Crippen LogP contribution in [0.25, 0.3) is 0 Å². The van der Waals surface area contributed by atoms with Crippen LogP contribution < -0.4 is 11.5 Å². The van der Waals surface area contributed by atoms with Crippen LogP contribution in [-0.2, 0) is 15.0 Å². The molecule has 1 fully saturated rings. The summed E-state index contributed by atoms with van der Waals surface area (Å²) >= 11 is 0. The van der Waals surface area contributed by atoms with Crippen LogP contribution in [0.15, 0.2) is 24.3 Å². The third kappa shape index (κ3) is 2.11. The highest BCUT2D eigenvalue weighted by Crippen LogP contribution is 2.59. The average molecular weight is 260 g/mol. The van der Waals surface area contributed by atoms with E-state index in [4.69, 9.17) is 11.5 Å². The van der Waals surface area contributed by atoms with Gasteiger partial charge < -0.3 is 11.5 Å². The van der Waals surface area contributed by atoms with Crippen LogP contribution >= 0.6 is 0 Å². The number of benzene rings is 1. The molecule has 1 saturated carbocycles. The summed E-state index contributed by atoms with van der Waals surface area (Å²) in [6.45, 7) is 6.41. The van der Waals surface area contributed by atoms with Gasteiger partial charge in [0.15, 0.2) is 0 Å². The Morgan fingerprint density at radius 3 is 1.89 bits per heavy atom. The molecule has 1 aliphatic rings. The Balaban J connectivity index is 2.27. The first kappa shape index (κ1) is 13.6. The molecule has 0 saturated heterocycles. The molecule has 0 bridgehead atoms. The zero-order valence-corrected chi connectivity index (χ0v) is 11.6. The number of primary amides is 2. The molecular formula is C15H20N2O2. The summed E-state index contributed by atoms with van der Waals surface area (Å²) in [5, 5.41) is 0. The van der Waals surface area contributed by atoms with Gasteiger partial charge in [-0.1, -0.05) is 45.0 Å². The van der Waals surface area contributed by atoms with Gasteiger partial charge in [0, 0.05) is 5.92 Å². The number of amides is 2. The van der Waals surface area contributed by atoms with Gasteiger partial charge in [0.2, 0.25) is 11.8 Å². The molecule has 0 radical (unpaired) electrons. The molecule has 0 heterocycles. The Bertz CT molecular complexity index is 512. The summed E-state index contributed by atoms with van der Waals surface area (Å²) in [5.74, 6) is -1.41. The molecule has 4 heteroatoms. The lowest BCUT2D eigenvalue weighted by Gasteiger charge is -2.19. The summed E-state index contributed by atoms with van der Waals surface area (Å²) in [6, 6.07) is 7.97. The van der Waals surface area contributed by atoms with Crippen molar-refractivity contribution in [3.8, 4) is 0 Å². The van der Waals surface area contributed by atoms with Gasteiger partial charge in [0.25, 0.3) is 0 Å². The average Bonchev–Trinajstić information content (AvgIpc) is 3.04. The van der Waals surface area contributed by atoms with Crippen LogP contribution in [0.2, 0.25) is 0 Å². The number of hydrogen-bond donors (Lipinski definition) is 2. The largest absolute Gasteiger partial charge is 0.369 e. The van der Waals surface area contributed by atoms with Gasteiger partial charge in [0.05, 0.1) is 0 Å². The number of nitrogens with two attached hydrogens (primary N) is 2. The minimum atomic E-state index is -1.18. The fourth-order valence-corrected chi connectivity index (χ4v) is 2.55. The predicted octanol–water partition coefficient (Wildman–Crippen LogP) is 1.43. The van der Waals surface area contributed by atoms with Crippen molar-refractivity contribution in [1.29, 1.82) is 0 Å². The molecule has 0 aromatic heterocycles. The normalized spacial score (nSPS) is 20.9. The molecule has 19 heavy (non-hydrogen) atoms. The Hall–Kier alpha value is -1.84. The second kappa shape index (κ2) is 4.08. The summed E-state index contributed by atoms with van der Waals surface area (Å²) in [4.78, 5) is 22.9. The van der Waals surface area contributed by atoms with Crippen LogP contribution in [0.5, 0.6) is 0 Å². The van der Waals surface area contributed by atoms with Crippen molar-refractivity contribution in [3.05, 3.63) is 35.4 Å². The molecule has 1 aliphatic carbocycles. The maximum atomic E-state index is 11.5. The smallest absolute Gasteiger partial charge is 0.233 e. The first-order valence-corrected chi connectivity index (χ1v) is 6.40. The number of carbonyl (C=O) groups is 2. The maximum Gasteiger partial charge on any atom is 0.233 e. The van der Waals surface area contributed by atoms with Gasteiger partial charge in [0.1, 0.15) is 5.41 Å². The zero-order valence-electron chi connectivity index (χ0n) is 11.6. The second-order valence-corrected chi connectivity index (χ2v) is 6.33. The summed E-state index contributed by atoms with van der Waals surface area (Å²) in [6.07, 6.45) is 0.423. The fraction of sp³-hybridized carbons (Fsp3) is 0.467. The molecule has 0 spiro atoms. The standard InChI is InChI=1S/C15H20N2O2/c1-14(2,3)10-6-4-9(5-7-10)11-8-15(11,12(16)18)13(17)19/h4-7,11H,8H2,1-3H3,(H2,16,18)(H2,17,19). The van der Waals surface area contributed by atoms with Gasteiger partial charge in [-0.15, -0.1) is 0 Å². The fourth-order valence-electron chi connectivity index (χ4n) is 2.55. The quantitative estimate of drug-likeness (QED) is 0.805. The van der Waals surface area contributed by atoms with E-state index in [0.717, 1.165) is 5.56 Å². The van der Waals surface area contributed by atoms with Gasteiger partial charge >= 0.3 is 0 Å². The Morgan fingerprint density at radius 1 is 1.11 bits per heavy atom. The Labute approximate surface area is 113 Å². The van der Waals surface area contributed by atoms with E-state index in [2.05, 4.69) is 20.8 Å². The van der Waals surface area contributed by atoms with E-state index >= 15 is 0 Å². The maximum absolute atomic E-state index is 11.5. The topological polar surface area (TPSA) is 86.2 Å². The SMILES string of the molecule is CC(C)(C)c1ccc(C2CC2(C(N)=O)C(N)=O)cc1. The number of carbonyl (C=O) groups excluding carboxylic acids is 2. The lowest BCUT2D eigenvalue weighted by Crippen LogP contribution is -2.38. The van der Waals surface area contributed by atoms with Gasteiger partial charge in [-0.05, 0) is 23.0 Å². The van der Waals surface area contributed by atoms with E-state index in [-0.39, 0.29) is 11.3 Å². The number of rotatable bonds is 3. The highest BCUT2D eigenvalue weighted by atomic mass is 16.2. The molecule has 4 nitrogen and oxygen atoms in total. The minimum Gasteiger partial charge on any atom is -0.369 e. The zero-order chi connectivity index (χ0) is 14.4. The summed E-state index contributed by atoms with van der Waals surface area (Å²) in [7, 11) is 0. The van der Waals surface area contributed by atoms with Crippen LogP contribution in [0, 0.1) is 5.41 Å². The molecule has 1 aromatic rings. The molecule has 0 aliphatic heterocycles. The highest BCUT2D eigenvalue weighted by molar-refractivity contribution is 6.08. The van der Waals surface area contributed by atoms with Crippen molar-refractivity contribution in [1.82, 2.24) is 0 Å². The van der Waals surface area contributed by atoms with E-state index in [1.54, 1.807) is 0 Å². The van der Waals surface area contributed by atoms with E-state index in [0.29, 0.717) is 6.42 Å². The van der Waals surface area contributed by atoms with E-state index in [9.17, 15) is 9.59 Å². The molecule has 2 rings (SSSR count). The monoisotopic (exact) mass is 260 g/mol. The van der Waals surface area contributed by atoms with Crippen molar-refractivity contribution in [2.24, 2.45) is 16.9 Å². The molecule has 1 aromatic carbocycles. The first-order chi connectivity index (χ1) is 8.69. The molecule has 102 valence electrons. The molecular weight excluding hydrogens is 240 g/mol. The van der Waals surface area contributed by atoms with Crippen molar-refractivity contribution >= 4 is 11.8 Å². The van der Waals surface area contributed by atoms with Crippen molar-refractivity contribution in [2.45, 2.75) is 38.5 Å². The molecule has 2 amide bonds. The van der Waals surface area contributed by atoms with Gasteiger partial charge in [-0.25, -0.2) is 0 Å². The lowest BCUT2D eigenvalue weighted by molar-refractivity contribution is -0.133. The van der Waals surface area contributed by atoms with Crippen LogP contribution in [0.3, 0.4) is 0 Å². The summed E-state index contributed by atoms with van der Waals surface area (Å²) < 4.78 is 0. The first-order valence-electron chi connectivity index (χ1n) is 6.40. The van der Waals surface area contributed by atoms with Crippen LogP contribution in [0.1, 0.15) is 44.2 Å². The molecule has 1 atom stereocenters. The minimum absolute atomic E-state index is 0.0759. The van der Waals surface area contributed by atoms with E-state index in [1.807, 2.05) is 24.3 Å². The third-order valence-corrected chi connectivity index (χ3v) is 4.02. The highest BCUT2D eigenvalue weighted by Gasteiger charge is 2.64. The van der Waals surface area contributed by atoms with E-state index in [1.165, 1.54) is 5.56 Å². The Kier molecular flexibility index (Phi) is 2.92. The predicted molar refractivity (Wildman–Crippen MR) is 73.3 cm³/mol. The van der Waals surface area contributed by atoms with Gasteiger partial charge in [-0.2, -0.15) is 0 Å². The lowest BCUT2D eigenvalue weighted by atomic mass is 9.86. The van der Waals surface area contributed by atoms with Gasteiger partial charge in [-0.3, -0.25) is 9.59 Å². The second-order valence-electron chi connectivity index (χ2n) is 6.33. The molecule has 4 N–H and O–H groups in total. The van der Waals surface area contributed by atoms with Crippen molar-refractivity contribution < 1.29 is 9.59 Å². The van der Waals surface area contributed by atoms with Crippen LogP contribution in [-0.4, -0.2) is 11.8 Å². The third-order valence-electron chi connectivity index (χ3n) is 4.02.